The highest BCUT2D eigenvalue weighted by Crippen LogP contribution is 2.25. The molecule has 0 fully saturated rings. The summed E-state index contributed by atoms with van der Waals surface area (Å²) in [4.78, 5) is 11.6. The first-order chi connectivity index (χ1) is 11.2. The number of aromatic nitrogens is 2. The van der Waals surface area contributed by atoms with E-state index in [-0.39, 0.29) is 5.69 Å². The fourth-order valence-electron chi connectivity index (χ4n) is 2.87. The number of hydrogen-bond acceptors (Lipinski definition) is 1. The van der Waals surface area contributed by atoms with E-state index < -0.39 is 5.97 Å². The molecule has 0 radical (unpaired) electrons. The van der Waals surface area contributed by atoms with Crippen LogP contribution >= 0.6 is 0 Å². The molecule has 23 heavy (non-hydrogen) atoms. The summed E-state index contributed by atoms with van der Waals surface area (Å²) >= 11 is 0. The number of nitrogens with zero attached hydrogens (tertiary/aromatic N) is 2. The van der Waals surface area contributed by atoms with Crippen LogP contribution in [0.15, 0.2) is 79.1 Å². The zero-order chi connectivity index (χ0) is 15.8. The Hall–Kier alpha value is -3.27. The number of benzene rings is 2. The van der Waals surface area contributed by atoms with Crippen molar-refractivity contribution in [3.63, 3.8) is 0 Å². The fourth-order valence-corrected chi connectivity index (χ4v) is 2.87. The lowest BCUT2D eigenvalue weighted by Crippen LogP contribution is -2.06. The van der Waals surface area contributed by atoms with Gasteiger partial charge in [0.1, 0.15) is 5.69 Å². The van der Waals surface area contributed by atoms with Crippen molar-refractivity contribution in [2.45, 2.75) is 0 Å². The zero-order valence-electron chi connectivity index (χ0n) is 12.3. The minimum absolute atomic E-state index is 0.264. The SMILES string of the molecule is O=C(O)c1cc2ccccc2n1-c1ccc(-n2cccc2)cc1. The number of carboxylic acid groups (broad SMARTS) is 1. The predicted molar refractivity (Wildman–Crippen MR) is 89.6 cm³/mol. The first-order valence-electron chi connectivity index (χ1n) is 7.31. The van der Waals surface area contributed by atoms with Gasteiger partial charge >= 0.3 is 5.97 Å². The van der Waals surface area contributed by atoms with Crippen molar-refractivity contribution in [1.29, 1.82) is 0 Å². The van der Waals surface area contributed by atoms with E-state index in [9.17, 15) is 9.90 Å². The molecule has 2 heterocycles. The van der Waals surface area contributed by atoms with Crippen molar-refractivity contribution < 1.29 is 9.90 Å². The second-order valence-electron chi connectivity index (χ2n) is 5.34. The van der Waals surface area contributed by atoms with Crippen LogP contribution in [0.4, 0.5) is 0 Å². The van der Waals surface area contributed by atoms with Crippen LogP contribution in [0.25, 0.3) is 22.3 Å². The van der Waals surface area contributed by atoms with Gasteiger partial charge in [-0.15, -0.1) is 0 Å². The molecule has 2 aromatic carbocycles. The molecule has 4 aromatic rings. The highest BCUT2D eigenvalue weighted by atomic mass is 16.4. The average molecular weight is 302 g/mol. The maximum atomic E-state index is 11.6. The zero-order valence-corrected chi connectivity index (χ0v) is 12.3. The van der Waals surface area contributed by atoms with Crippen molar-refractivity contribution >= 4 is 16.9 Å². The normalized spacial score (nSPS) is 11.0. The minimum Gasteiger partial charge on any atom is -0.477 e. The van der Waals surface area contributed by atoms with Gasteiger partial charge in [-0.2, -0.15) is 0 Å². The van der Waals surface area contributed by atoms with E-state index in [1.807, 2.05) is 77.6 Å². The average Bonchev–Trinajstić information content (AvgIpc) is 3.23. The van der Waals surface area contributed by atoms with Crippen molar-refractivity contribution in [2.75, 3.05) is 0 Å². The summed E-state index contributed by atoms with van der Waals surface area (Å²) in [5.41, 5.74) is 3.02. The number of carbonyl (C=O) groups is 1. The molecule has 0 unspecified atom stereocenters. The monoisotopic (exact) mass is 302 g/mol. The van der Waals surface area contributed by atoms with Gasteiger partial charge in [0.15, 0.2) is 0 Å². The number of para-hydroxylation sites is 1. The van der Waals surface area contributed by atoms with Crippen LogP contribution < -0.4 is 0 Å². The summed E-state index contributed by atoms with van der Waals surface area (Å²) in [6.07, 6.45) is 3.95. The number of fused-ring (bicyclic) bond motifs is 1. The molecule has 0 aliphatic carbocycles. The van der Waals surface area contributed by atoms with E-state index in [4.69, 9.17) is 0 Å². The van der Waals surface area contributed by atoms with Crippen LogP contribution in [-0.2, 0) is 0 Å². The van der Waals surface area contributed by atoms with Gasteiger partial charge in [-0.1, -0.05) is 18.2 Å². The van der Waals surface area contributed by atoms with Crippen molar-refractivity contribution in [2.24, 2.45) is 0 Å². The van der Waals surface area contributed by atoms with Gasteiger partial charge in [-0.05, 0) is 48.5 Å². The Kier molecular flexibility index (Phi) is 3.01. The van der Waals surface area contributed by atoms with Crippen LogP contribution in [0.3, 0.4) is 0 Å². The van der Waals surface area contributed by atoms with Crippen molar-refractivity contribution in [3.8, 4) is 11.4 Å². The molecule has 0 aliphatic rings. The molecule has 112 valence electrons. The van der Waals surface area contributed by atoms with Crippen LogP contribution in [0.1, 0.15) is 10.5 Å². The van der Waals surface area contributed by atoms with E-state index in [1.54, 1.807) is 10.6 Å². The Bertz CT molecular complexity index is 980. The van der Waals surface area contributed by atoms with E-state index >= 15 is 0 Å². The molecule has 0 saturated heterocycles. The standard InChI is InChI=1S/C19H14N2O2/c22-19(23)18-13-14-5-1-2-6-17(14)21(18)16-9-7-15(8-10-16)20-11-3-4-12-20/h1-13H,(H,22,23). The summed E-state index contributed by atoms with van der Waals surface area (Å²) in [5, 5.41) is 10.4. The number of rotatable bonds is 3. The molecule has 4 heteroatoms. The summed E-state index contributed by atoms with van der Waals surface area (Å²) in [6, 6.07) is 21.2. The van der Waals surface area contributed by atoms with Crippen LogP contribution in [0, 0.1) is 0 Å². The van der Waals surface area contributed by atoms with E-state index in [0.717, 1.165) is 22.3 Å². The fraction of sp³-hybridized carbons (Fsp3) is 0. The van der Waals surface area contributed by atoms with Crippen LogP contribution in [-0.4, -0.2) is 20.2 Å². The molecule has 0 saturated carbocycles. The molecule has 0 aliphatic heterocycles. The second kappa shape index (κ2) is 5.18. The molecule has 0 spiro atoms. The molecule has 2 aromatic heterocycles. The molecular weight excluding hydrogens is 288 g/mol. The Morgan fingerprint density at radius 2 is 1.48 bits per heavy atom. The molecule has 0 amide bonds. The summed E-state index contributed by atoms with van der Waals surface area (Å²) < 4.78 is 3.78. The second-order valence-corrected chi connectivity index (χ2v) is 5.34. The van der Waals surface area contributed by atoms with Gasteiger partial charge in [-0.25, -0.2) is 4.79 Å². The topological polar surface area (TPSA) is 47.2 Å². The number of carboxylic acids is 1. The van der Waals surface area contributed by atoms with Crippen LogP contribution in [0.5, 0.6) is 0 Å². The third kappa shape index (κ3) is 2.21. The van der Waals surface area contributed by atoms with Gasteiger partial charge in [0.25, 0.3) is 0 Å². The molecule has 4 rings (SSSR count). The van der Waals surface area contributed by atoms with E-state index in [2.05, 4.69) is 0 Å². The molecule has 1 N–H and O–H groups in total. The highest BCUT2D eigenvalue weighted by Gasteiger charge is 2.15. The predicted octanol–water partition coefficient (Wildman–Crippen LogP) is 4.12. The minimum atomic E-state index is -0.935. The molecule has 4 nitrogen and oxygen atoms in total. The largest absolute Gasteiger partial charge is 0.477 e. The lowest BCUT2D eigenvalue weighted by molar-refractivity contribution is 0.0688. The van der Waals surface area contributed by atoms with Gasteiger partial charge in [0.2, 0.25) is 0 Å². The molecule has 0 bridgehead atoms. The third-order valence-electron chi connectivity index (χ3n) is 3.94. The molecule has 0 atom stereocenters. The number of aromatic carboxylic acids is 1. The Labute approximate surface area is 132 Å². The highest BCUT2D eigenvalue weighted by molar-refractivity contribution is 5.96. The maximum absolute atomic E-state index is 11.6. The van der Waals surface area contributed by atoms with Crippen molar-refractivity contribution in [3.05, 3.63) is 84.8 Å². The quantitative estimate of drug-likeness (QED) is 0.619. The maximum Gasteiger partial charge on any atom is 0.352 e. The summed E-state index contributed by atoms with van der Waals surface area (Å²) in [7, 11) is 0. The van der Waals surface area contributed by atoms with E-state index in [0.29, 0.717) is 0 Å². The van der Waals surface area contributed by atoms with Gasteiger partial charge in [-0.3, -0.25) is 0 Å². The molecular formula is C19H14N2O2. The van der Waals surface area contributed by atoms with Crippen LogP contribution in [0.2, 0.25) is 0 Å². The van der Waals surface area contributed by atoms with Crippen molar-refractivity contribution in [1.82, 2.24) is 9.13 Å². The van der Waals surface area contributed by atoms with Gasteiger partial charge < -0.3 is 14.2 Å². The third-order valence-corrected chi connectivity index (χ3v) is 3.94. The Morgan fingerprint density at radius 1 is 0.826 bits per heavy atom. The van der Waals surface area contributed by atoms with Gasteiger partial charge in [0, 0.05) is 29.2 Å². The first-order valence-corrected chi connectivity index (χ1v) is 7.31. The smallest absolute Gasteiger partial charge is 0.352 e. The van der Waals surface area contributed by atoms with Gasteiger partial charge in [0.05, 0.1) is 5.52 Å². The lowest BCUT2D eigenvalue weighted by Gasteiger charge is -2.10. The first kappa shape index (κ1) is 13.4. The summed E-state index contributed by atoms with van der Waals surface area (Å²) in [5.74, 6) is -0.935. The Balaban J connectivity index is 1.88. The number of hydrogen-bond donors (Lipinski definition) is 1. The Morgan fingerprint density at radius 3 is 2.17 bits per heavy atom. The summed E-state index contributed by atoms with van der Waals surface area (Å²) in [6.45, 7) is 0. The van der Waals surface area contributed by atoms with E-state index in [1.165, 1.54) is 0 Å². The lowest BCUT2D eigenvalue weighted by atomic mass is 10.2.